The second-order valence-corrected chi connectivity index (χ2v) is 8.76. The average molecular weight is 413 g/mol. The van der Waals surface area contributed by atoms with Crippen LogP contribution in [-0.4, -0.2) is 70.2 Å². The van der Waals surface area contributed by atoms with Gasteiger partial charge >= 0.3 is 0 Å². The van der Waals surface area contributed by atoms with Crippen LogP contribution in [0.5, 0.6) is 5.75 Å². The van der Waals surface area contributed by atoms with Crippen LogP contribution in [0, 0.1) is 0 Å². The quantitative estimate of drug-likeness (QED) is 0.725. The molecule has 2 heterocycles. The second-order valence-electron chi connectivity index (χ2n) is 8.76. The van der Waals surface area contributed by atoms with E-state index in [-0.39, 0.29) is 11.4 Å². The molecule has 0 bridgehead atoms. The molecule has 8 nitrogen and oxygen atoms in total. The van der Waals surface area contributed by atoms with Crippen LogP contribution in [0.2, 0.25) is 0 Å². The molecule has 1 aromatic heterocycles. The van der Waals surface area contributed by atoms with Crippen molar-refractivity contribution >= 4 is 5.91 Å². The molecular formula is C22H32N6O2. The van der Waals surface area contributed by atoms with Crippen molar-refractivity contribution in [1.29, 1.82) is 0 Å². The third-order valence-electron chi connectivity index (χ3n) is 6.77. The number of carbonyl (C=O) groups is 1. The molecule has 30 heavy (non-hydrogen) atoms. The van der Waals surface area contributed by atoms with E-state index in [0.29, 0.717) is 19.0 Å². The first-order chi connectivity index (χ1) is 14.5. The van der Waals surface area contributed by atoms with Gasteiger partial charge in [-0.15, -0.1) is 5.10 Å². The number of likely N-dealkylation sites (N-methyl/N-ethyl adjacent to an activating group) is 1. The molecule has 4 rings (SSSR count). The second kappa shape index (κ2) is 8.71. The average Bonchev–Trinajstić information content (AvgIpc) is 3.46. The van der Waals surface area contributed by atoms with Crippen LogP contribution in [0.4, 0.5) is 0 Å². The summed E-state index contributed by atoms with van der Waals surface area (Å²) in [5.41, 5.74) is 0.637. The summed E-state index contributed by atoms with van der Waals surface area (Å²) in [7, 11) is 5.80. The van der Waals surface area contributed by atoms with Gasteiger partial charge in [-0.05, 0) is 67.9 Å². The number of likely N-dealkylation sites (tertiary alicyclic amines) is 1. The smallest absolute Gasteiger partial charge is 0.227 e. The number of amides is 1. The monoisotopic (exact) mass is 412 g/mol. The Hall–Kier alpha value is -2.48. The maximum Gasteiger partial charge on any atom is 0.227 e. The van der Waals surface area contributed by atoms with E-state index in [4.69, 9.17) is 4.74 Å². The summed E-state index contributed by atoms with van der Waals surface area (Å²) in [6.07, 6.45) is 6.98. The van der Waals surface area contributed by atoms with E-state index in [1.54, 1.807) is 7.11 Å². The molecule has 0 radical (unpaired) electrons. The largest absolute Gasteiger partial charge is 0.497 e. The van der Waals surface area contributed by atoms with E-state index in [9.17, 15) is 4.79 Å². The van der Waals surface area contributed by atoms with Gasteiger partial charge in [-0.2, -0.15) is 0 Å². The predicted octanol–water partition coefficient (Wildman–Crippen LogP) is 2.42. The first kappa shape index (κ1) is 20.8. The summed E-state index contributed by atoms with van der Waals surface area (Å²) in [6, 6.07) is 8.09. The molecule has 1 saturated carbocycles. The fraction of sp³-hybridized carbons (Fsp3) is 0.636. The van der Waals surface area contributed by atoms with Crippen LogP contribution in [0.15, 0.2) is 24.3 Å². The van der Waals surface area contributed by atoms with E-state index >= 15 is 0 Å². The number of carbonyl (C=O) groups excluding carboxylic acids is 1. The number of tetrazole rings is 1. The van der Waals surface area contributed by atoms with Crippen LogP contribution >= 0.6 is 0 Å². The Morgan fingerprint density at radius 3 is 2.60 bits per heavy atom. The Morgan fingerprint density at radius 2 is 1.93 bits per heavy atom. The maximum absolute atomic E-state index is 13.2. The number of piperidine rings is 1. The van der Waals surface area contributed by atoms with Crippen molar-refractivity contribution in [3.8, 4) is 5.75 Å². The van der Waals surface area contributed by atoms with E-state index in [1.165, 1.54) is 12.8 Å². The summed E-state index contributed by atoms with van der Waals surface area (Å²) in [5, 5.41) is 12.9. The minimum Gasteiger partial charge on any atom is -0.497 e. The number of hydrogen-bond donors (Lipinski definition) is 0. The van der Waals surface area contributed by atoms with Crippen LogP contribution in [-0.2, 0) is 16.8 Å². The van der Waals surface area contributed by atoms with Crippen molar-refractivity contribution in [2.24, 2.45) is 0 Å². The summed E-state index contributed by atoms with van der Waals surface area (Å²) in [4.78, 5) is 17.4. The highest BCUT2D eigenvalue weighted by Gasteiger charge is 2.45. The van der Waals surface area contributed by atoms with Crippen LogP contribution in [0.25, 0.3) is 0 Å². The summed E-state index contributed by atoms with van der Waals surface area (Å²) in [5.74, 6) is 1.85. The van der Waals surface area contributed by atoms with Gasteiger partial charge in [-0.1, -0.05) is 25.0 Å². The van der Waals surface area contributed by atoms with Crippen molar-refractivity contribution in [3.05, 3.63) is 35.7 Å². The highest BCUT2D eigenvalue weighted by atomic mass is 16.5. The standard InChI is InChI=1S/C22H32N6O2/c1-26(2)22(21-23-24-25-28(21)18-7-4-5-8-18)13-6-14-27(16-22)20(29)15-17-9-11-19(30-3)12-10-17/h9-12,18H,4-8,13-16H2,1-3H3. The summed E-state index contributed by atoms with van der Waals surface area (Å²) >= 11 is 0. The zero-order chi connectivity index (χ0) is 21.1. The maximum atomic E-state index is 13.2. The normalized spacial score (nSPS) is 22.6. The molecule has 2 aliphatic rings. The third-order valence-corrected chi connectivity index (χ3v) is 6.77. The van der Waals surface area contributed by atoms with Crippen molar-refractivity contribution in [1.82, 2.24) is 30.0 Å². The molecule has 1 aromatic carbocycles. The predicted molar refractivity (Wildman–Crippen MR) is 113 cm³/mol. The van der Waals surface area contributed by atoms with Crippen LogP contribution in [0.3, 0.4) is 0 Å². The highest BCUT2D eigenvalue weighted by molar-refractivity contribution is 5.79. The number of nitrogens with zero attached hydrogens (tertiary/aromatic N) is 6. The Labute approximate surface area is 178 Å². The SMILES string of the molecule is COc1ccc(CC(=O)N2CCCC(c3nnnn3C3CCCC3)(N(C)C)C2)cc1. The van der Waals surface area contributed by atoms with Crippen LogP contribution in [0.1, 0.15) is 56.0 Å². The van der Waals surface area contributed by atoms with Crippen molar-refractivity contribution in [3.63, 3.8) is 0 Å². The minimum atomic E-state index is -0.361. The first-order valence-electron chi connectivity index (χ1n) is 10.9. The van der Waals surface area contributed by atoms with Crippen molar-refractivity contribution < 1.29 is 9.53 Å². The Kier molecular flexibility index (Phi) is 6.04. The van der Waals surface area contributed by atoms with Crippen molar-refractivity contribution in [2.45, 2.75) is 56.5 Å². The molecule has 8 heteroatoms. The number of benzene rings is 1. The molecule has 1 aliphatic heterocycles. The number of ether oxygens (including phenoxy) is 1. The zero-order valence-corrected chi connectivity index (χ0v) is 18.3. The van der Waals surface area contributed by atoms with Gasteiger partial charge in [0.1, 0.15) is 11.3 Å². The molecule has 1 unspecified atom stereocenters. The minimum absolute atomic E-state index is 0.144. The third kappa shape index (κ3) is 3.93. The molecule has 1 atom stereocenters. The molecule has 0 N–H and O–H groups in total. The van der Waals surface area contributed by atoms with Gasteiger partial charge in [-0.3, -0.25) is 9.69 Å². The number of rotatable bonds is 6. The van der Waals surface area contributed by atoms with Gasteiger partial charge in [0.2, 0.25) is 5.91 Å². The molecule has 2 aromatic rings. The Bertz CT molecular complexity index is 859. The Balaban J connectivity index is 1.55. The van der Waals surface area contributed by atoms with Gasteiger partial charge in [0.05, 0.1) is 19.6 Å². The van der Waals surface area contributed by atoms with Gasteiger partial charge in [-0.25, -0.2) is 4.68 Å². The molecule has 1 saturated heterocycles. The molecule has 162 valence electrons. The molecule has 1 amide bonds. The fourth-order valence-corrected chi connectivity index (χ4v) is 4.92. The lowest BCUT2D eigenvalue weighted by molar-refractivity contribution is -0.134. The van der Waals surface area contributed by atoms with Gasteiger partial charge in [0, 0.05) is 13.1 Å². The fourth-order valence-electron chi connectivity index (χ4n) is 4.92. The van der Waals surface area contributed by atoms with Gasteiger partial charge in [0.15, 0.2) is 5.82 Å². The van der Waals surface area contributed by atoms with E-state index in [1.807, 2.05) is 33.8 Å². The van der Waals surface area contributed by atoms with Crippen molar-refractivity contribution in [2.75, 3.05) is 34.3 Å². The van der Waals surface area contributed by atoms with Crippen LogP contribution < -0.4 is 4.74 Å². The number of methoxy groups -OCH3 is 1. The highest BCUT2D eigenvalue weighted by Crippen LogP contribution is 2.38. The summed E-state index contributed by atoms with van der Waals surface area (Å²) < 4.78 is 7.26. The van der Waals surface area contributed by atoms with E-state index < -0.39 is 0 Å². The molecule has 0 spiro atoms. The van der Waals surface area contributed by atoms with E-state index in [0.717, 1.165) is 49.4 Å². The topological polar surface area (TPSA) is 76.4 Å². The van der Waals surface area contributed by atoms with E-state index in [2.05, 4.69) is 34.5 Å². The first-order valence-corrected chi connectivity index (χ1v) is 10.9. The number of hydrogen-bond acceptors (Lipinski definition) is 6. The lowest BCUT2D eigenvalue weighted by Crippen LogP contribution is -2.57. The molecule has 1 aliphatic carbocycles. The van der Waals surface area contributed by atoms with Gasteiger partial charge < -0.3 is 9.64 Å². The Morgan fingerprint density at radius 1 is 1.20 bits per heavy atom. The molecular weight excluding hydrogens is 380 g/mol. The molecule has 2 fully saturated rings. The summed E-state index contributed by atoms with van der Waals surface area (Å²) in [6.45, 7) is 1.39. The van der Waals surface area contributed by atoms with Gasteiger partial charge in [0.25, 0.3) is 0 Å². The lowest BCUT2D eigenvalue weighted by atomic mass is 9.86. The lowest BCUT2D eigenvalue weighted by Gasteiger charge is -2.46. The number of aromatic nitrogens is 4. The zero-order valence-electron chi connectivity index (χ0n) is 18.3.